The van der Waals surface area contributed by atoms with Gasteiger partial charge in [-0.05, 0) is 144 Å². The molecule has 5 N–H and O–H groups in total. The minimum absolute atomic E-state index is 0.00200. The average Bonchev–Trinajstić information content (AvgIpc) is 3.94. The van der Waals surface area contributed by atoms with E-state index in [2.05, 4.69) is 41.5 Å². The van der Waals surface area contributed by atoms with Gasteiger partial charge in [-0.1, -0.05) is 53.2 Å². The van der Waals surface area contributed by atoms with Crippen molar-refractivity contribution < 1.29 is 44.5 Å². The standard InChI is InChI=1S/C54H78N2O9/c1-26-45-40(63-52(26)14-12-46(3,4)65-52)19-32-30-11-10-28-16-35-37(23-48(28,6)31(30)20-41(58)50(32,45)8)56-36-17-29-18-39(57)44-33(49(29,7)24-38(36)55-35)21-42(59)51(9)34(44)22-43-54(51,61)27(2)53(64-43)15-13-47(5,60)25-62-53/h22,26-33,39-45,57-61H,10-21,23-25H2,1-9H3/t26-,27+,28-,29+,30+,31-,32+,33-,39-,40-,41+,42+,43-,44+,45-,47+,48-,49-,50+,51+,52+,53+,54+/m0/s1. The van der Waals surface area contributed by atoms with Crippen LogP contribution >= 0.6 is 0 Å². The van der Waals surface area contributed by atoms with Crippen molar-refractivity contribution in [3.63, 3.8) is 0 Å². The molecule has 8 aliphatic carbocycles. The molecule has 65 heavy (non-hydrogen) atoms. The zero-order chi connectivity index (χ0) is 45.6. The molecule has 1 aromatic heterocycles. The van der Waals surface area contributed by atoms with Gasteiger partial charge in [0.05, 0.1) is 65.0 Å². The number of nitrogens with zero attached hydrogens (tertiary/aromatic N) is 2. The smallest absolute Gasteiger partial charge is 0.174 e. The highest BCUT2D eigenvalue weighted by molar-refractivity contribution is 5.43. The van der Waals surface area contributed by atoms with Crippen molar-refractivity contribution in [2.24, 2.45) is 80.8 Å². The molecule has 0 radical (unpaired) electrons. The molecule has 11 nitrogen and oxygen atoms in total. The lowest BCUT2D eigenvalue weighted by molar-refractivity contribution is -0.289. The van der Waals surface area contributed by atoms with Gasteiger partial charge in [-0.3, -0.25) is 9.97 Å². The van der Waals surface area contributed by atoms with Gasteiger partial charge in [0.1, 0.15) is 11.7 Å². The Morgan fingerprint density at radius 1 is 0.677 bits per heavy atom. The molecular weight excluding hydrogens is 821 g/mol. The number of hydrogen-bond donors (Lipinski definition) is 5. The molecule has 1 aromatic rings. The van der Waals surface area contributed by atoms with Crippen molar-refractivity contribution in [1.82, 2.24) is 9.97 Å². The highest BCUT2D eigenvalue weighted by Crippen LogP contribution is 2.73. The van der Waals surface area contributed by atoms with Crippen molar-refractivity contribution in [2.45, 2.75) is 211 Å². The van der Waals surface area contributed by atoms with Gasteiger partial charge in [0, 0.05) is 47.3 Å². The molecular formula is C54H78N2O9. The molecule has 13 rings (SSSR count). The van der Waals surface area contributed by atoms with Gasteiger partial charge in [-0.25, -0.2) is 0 Å². The van der Waals surface area contributed by atoms with E-state index < -0.39 is 52.4 Å². The topological polar surface area (TPSA) is 164 Å². The summed E-state index contributed by atoms with van der Waals surface area (Å²) in [4.78, 5) is 11.2. The average molecular weight is 899 g/mol. The van der Waals surface area contributed by atoms with Gasteiger partial charge < -0.3 is 44.5 Å². The van der Waals surface area contributed by atoms with Crippen LogP contribution in [0.1, 0.15) is 149 Å². The van der Waals surface area contributed by atoms with Crippen molar-refractivity contribution in [3.8, 4) is 0 Å². The van der Waals surface area contributed by atoms with E-state index >= 15 is 0 Å². The molecule has 12 aliphatic rings. The van der Waals surface area contributed by atoms with Crippen LogP contribution in [0.2, 0.25) is 0 Å². The molecule has 358 valence electrons. The second-order valence-corrected chi connectivity index (χ2v) is 26.8. The molecule has 4 aliphatic heterocycles. The summed E-state index contributed by atoms with van der Waals surface area (Å²) in [5.74, 6) is 0.428. The minimum atomic E-state index is -1.42. The highest BCUT2D eigenvalue weighted by Gasteiger charge is 2.78. The third-order valence-corrected chi connectivity index (χ3v) is 23.7. The van der Waals surface area contributed by atoms with Crippen LogP contribution in [0.3, 0.4) is 0 Å². The van der Waals surface area contributed by atoms with Crippen molar-refractivity contribution in [1.29, 1.82) is 0 Å². The lowest BCUT2D eigenvalue weighted by atomic mass is 9.43. The Bertz CT molecular complexity index is 2240. The first-order chi connectivity index (χ1) is 30.4. The van der Waals surface area contributed by atoms with Gasteiger partial charge in [0.2, 0.25) is 0 Å². The number of aromatic nitrogens is 2. The van der Waals surface area contributed by atoms with Gasteiger partial charge in [-0.2, -0.15) is 0 Å². The Balaban J connectivity index is 0.767. The third kappa shape index (κ3) is 5.20. The molecule has 0 unspecified atom stereocenters. The lowest BCUT2D eigenvalue weighted by Gasteiger charge is -2.62. The van der Waals surface area contributed by atoms with E-state index in [1.54, 1.807) is 6.92 Å². The van der Waals surface area contributed by atoms with Crippen LogP contribution < -0.4 is 0 Å². The van der Waals surface area contributed by atoms with Crippen molar-refractivity contribution in [2.75, 3.05) is 6.61 Å². The van der Waals surface area contributed by atoms with Crippen LogP contribution in [0, 0.1) is 80.8 Å². The summed E-state index contributed by atoms with van der Waals surface area (Å²) in [7, 11) is 0. The summed E-state index contributed by atoms with van der Waals surface area (Å²) in [5, 5.41) is 60.9. The second-order valence-electron chi connectivity index (χ2n) is 26.8. The number of aliphatic hydroxyl groups excluding tert-OH is 3. The normalized spacial score (nSPS) is 59.8. The van der Waals surface area contributed by atoms with E-state index in [0.717, 1.165) is 74.0 Å². The van der Waals surface area contributed by atoms with Crippen LogP contribution in [-0.4, -0.2) is 101 Å². The maximum Gasteiger partial charge on any atom is 0.174 e. The summed E-state index contributed by atoms with van der Waals surface area (Å²) in [6.45, 7) is 19.9. The monoisotopic (exact) mass is 899 g/mol. The van der Waals surface area contributed by atoms with Gasteiger partial charge >= 0.3 is 0 Å². The third-order valence-electron chi connectivity index (χ3n) is 23.7. The van der Waals surface area contributed by atoms with E-state index in [-0.39, 0.29) is 64.3 Å². The fraction of sp³-hybridized carbons (Fsp3) is 0.889. The summed E-state index contributed by atoms with van der Waals surface area (Å²) in [6.07, 6.45) is 11.3. The van der Waals surface area contributed by atoms with Gasteiger partial charge in [0.25, 0.3) is 0 Å². The molecule has 4 saturated heterocycles. The van der Waals surface area contributed by atoms with Gasteiger partial charge in [-0.15, -0.1) is 0 Å². The largest absolute Gasteiger partial charge is 0.393 e. The summed E-state index contributed by atoms with van der Waals surface area (Å²) in [5.41, 5.74) is 1.52. The Morgan fingerprint density at radius 2 is 1.34 bits per heavy atom. The maximum absolute atomic E-state index is 12.9. The molecule has 2 spiro atoms. The molecule has 5 saturated carbocycles. The SMILES string of the molecule is C[C@@H]1[C@@]2(CC[C@@](C)(O)CO2)O[C@H]2C=C3[C@@H]4[C@@H](O)C[C@H]5Cc6nc7c(nc6C[C@]5(C)[C@H]4C[C@@H](O)[C@]3(C)[C@]21O)C[C@@H]1CC[C@H]2[C@H]3C[C@@H]4O[C@@]5(CCC(C)(C)O5)[C@@H](C)[C@@H]4[C@@]3(C)[C@H](O)C[C@@H]2[C@@]1(C)C7. The van der Waals surface area contributed by atoms with Crippen LogP contribution in [-0.2, 0) is 44.6 Å². The first-order valence-electron chi connectivity index (χ1n) is 26.2. The quantitative estimate of drug-likeness (QED) is 0.183. The Hall–Kier alpha value is -1.54. The molecule has 0 amide bonds. The van der Waals surface area contributed by atoms with E-state index in [4.69, 9.17) is 28.9 Å². The molecule has 11 heteroatoms. The Labute approximate surface area is 386 Å². The predicted octanol–water partition coefficient (Wildman–Crippen LogP) is 6.40. The fourth-order valence-electron chi connectivity index (χ4n) is 19.9. The molecule has 0 aromatic carbocycles. The molecule has 9 fully saturated rings. The zero-order valence-electron chi connectivity index (χ0n) is 40.6. The van der Waals surface area contributed by atoms with Gasteiger partial charge in [0.15, 0.2) is 11.6 Å². The van der Waals surface area contributed by atoms with Crippen LogP contribution in [0.4, 0.5) is 0 Å². The van der Waals surface area contributed by atoms with E-state index in [9.17, 15) is 25.5 Å². The fourth-order valence-corrected chi connectivity index (χ4v) is 19.9. The lowest BCUT2D eigenvalue weighted by Crippen LogP contribution is -2.66. The molecule has 0 bridgehead atoms. The summed E-state index contributed by atoms with van der Waals surface area (Å²) in [6, 6.07) is 0. The number of rotatable bonds is 0. The number of aliphatic hydroxyl groups is 5. The Kier molecular flexibility index (Phi) is 8.73. The molecule has 23 atom stereocenters. The zero-order valence-corrected chi connectivity index (χ0v) is 40.6. The number of hydrogen-bond acceptors (Lipinski definition) is 11. The first-order valence-corrected chi connectivity index (χ1v) is 26.2. The first kappa shape index (κ1) is 43.5. The van der Waals surface area contributed by atoms with Crippen molar-refractivity contribution >= 4 is 0 Å². The summed E-state index contributed by atoms with van der Waals surface area (Å²) < 4.78 is 26.8. The van der Waals surface area contributed by atoms with Crippen molar-refractivity contribution in [3.05, 3.63) is 34.4 Å². The molecule has 5 heterocycles. The number of ether oxygens (including phenoxy) is 4. The van der Waals surface area contributed by atoms with Crippen LogP contribution in [0.5, 0.6) is 0 Å². The summed E-state index contributed by atoms with van der Waals surface area (Å²) >= 11 is 0. The predicted molar refractivity (Wildman–Crippen MR) is 240 cm³/mol. The minimum Gasteiger partial charge on any atom is -0.393 e. The Morgan fingerprint density at radius 3 is 2.00 bits per heavy atom. The van der Waals surface area contributed by atoms with E-state index in [0.29, 0.717) is 55.3 Å². The maximum atomic E-state index is 12.9. The second kappa shape index (κ2) is 13.0. The van der Waals surface area contributed by atoms with E-state index in [1.807, 2.05) is 19.9 Å². The highest BCUT2D eigenvalue weighted by atomic mass is 16.7. The number of fused-ring (bicyclic) bond motifs is 16. The van der Waals surface area contributed by atoms with E-state index in [1.165, 1.54) is 18.5 Å². The van der Waals surface area contributed by atoms with Crippen LogP contribution in [0.25, 0.3) is 0 Å². The van der Waals surface area contributed by atoms with Crippen LogP contribution in [0.15, 0.2) is 11.6 Å².